The van der Waals surface area contributed by atoms with E-state index in [-0.39, 0.29) is 5.85 Å². The third-order valence-electron chi connectivity index (χ3n) is 10.7. The Kier molecular flexibility index (Phi) is 8.43. The second kappa shape index (κ2) is 11.3. The fourth-order valence-corrected chi connectivity index (χ4v) is 13.8. The molecule has 0 spiro atoms. The van der Waals surface area contributed by atoms with Crippen molar-refractivity contribution in [2.75, 3.05) is 0 Å². The summed E-state index contributed by atoms with van der Waals surface area (Å²) in [6.45, 7) is 0. The molecule has 1 saturated heterocycles. The number of hydrogen-bond acceptors (Lipinski definition) is 1. The summed E-state index contributed by atoms with van der Waals surface area (Å²) in [5.41, 5.74) is 1.04. The molecule has 0 aromatic carbocycles. The van der Waals surface area contributed by atoms with Crippen LogP contribution in [0.15, 0.2) is 0 Å². The van der Waals surface area contributed by atoms with E-state index in [9.17, 15) is 0 Å². The topological polar surface area (TPSA) is 29.9 Å². The molecule has 0 radical (unpaired) electrons. The minimum Gasteiger partial charge on any atom is -0.424 e. The van der Waals surface area contributed by atoms with Crippen LogP contribution in [0.4, 0.5) is 0 Å². The molecule has 4 saturated carbocycles. The van der Waals surface area contributed by atoms with Gasteiger partial charge in [-0.25, -0.2) is 0 Å². The molecule has 0 bridgehead atoms. The Morgan fingerprint density at radius 1 is 0.469 bits per heavy atom. The average molecular weight is 464 g/mol. The molecule has 32 heavy (non-hydrogen) atoms. The molecule has 184 valence electrons. The van der Waals surface area contributed by atoms with Gasteiger partial charge in [-0.1, -0.05) is 89.9 Å². The van der Waals surface area contributed by atoms with E-state index in [0.29, 0.717) is 17.4 Å². The molecule has 5 fully saturated rings. The zero-order valence-corrected chi connectivity index (χ0v) is 21.8. The molecule has 4 aliphatic carbocycles. The van der Waals surface area contributed by atoms with Gasteiger partial charge in [-0.05, 0) is 50.4 Å². The van der Waals surface area contributed by atoms with Crippen molar-refractivity contribution >= 4 is 7.14 Å². The number of hydrogen-bond donors (Lipinski definition) is 0. The summed E-state index contributed by atoms with van der Waals surface area (Å²) in [4.78, 5) is 0. The van der Waals surface area contributed by atoms with Crippen LogP contribution in [0.5, 0.6) is 0 Å². The Labute approximate surface area is 198 Å². The van der Waals surface area contributed by atoms with Crippen LogP contribution in [-0.2, 0) is 4.57 Å². The van der Waals surface area contributed by atoms with Gasteiger partial charge in [0.15, 0.2) is 13.2 Å². The second-order valence-corrected chi connectivity index (χ2v) is 16.2. The Hall–Kier alpha value is 0.190. The quantitative estimate of drug-likeness (QED) is 0.296. The first-order valence-electron chi connectivity index (χ1n) is 15.0. The Morgan fingerprint density at radius 3 is 1.41 bits per heavy atom. The van der Waals surface area contributed by atoms with Crippen LogP contribution in [0.1, 0.15) is 141 Å². The minimum atomic E-state index is -2.29. The molecule has 0 aromatic rings. The molecule has 1 heterocycles. The first kappa shape index (κ1) is 23.9. The maximum absolute atomic E-state index is 15.4. The summed E-state index contributed by atoms with van der Waals surface area (Å²) < 4.78 is 21.2. The number of ether oxygens (including phenoxy) is 1. The van der Waals surface area contributed by atoms with Gasteiger partial charge in [0.2, 0.25) is 5.85 Å². The van der Waals surface area contributed by atoms with E-state index < -0.39 is 7.14 Å². The lowest BCUT2D eigenvalue weighted by Crippen LogP contribution is -2.46. The van der Waals surface area contributed by atoms with Gasteiger partial charge in [0.05, 0.1) is 0 Å². The van der Waals surface area contributed by atoms with Crippen LogP contribution >= 0.6 is 7.14 Å². The zero-order chi connectivity index (χ0) is 21.8. The van der Waals surface area contributed by atoms with Crippen molar-refractivity contribution in [3.05, 3.63) is 0 Å². The fraction of sp³-hybridized carbons (Fsp3) is 1.00. The number of rotatable bonds is 5. The average Bonchev–Trinajstić information content (AvgIpc) is 2.90. The fourth-order valence-electron chi connectivity index (χ4n) is 8.87. The molecular weight excluding hydrogens is 411 g/mol. The van der Waals surface area contributed by atoms with Gasteiger partial charge >= 0.3 is 0 Å². The predicted molar refractivity (Wildman–Crippen MR) is 137 cm³/mol. The molecule has 0 amide bonds. The molecule has 1 N–H and O–H groups in total. The normalized spacial score (nSPS) is 35.7. The summed E-state index contributed by atoms with van der Waals surface area (Å²) in [7, 11) is -2.29. The molecular formula is C29H52O2P+. The lowest BCUT2D eigenvalue weighted by atomic mass is 9.72. The van der Waals surface area contributed by atoms with E-state index in [1.807, 2.05) is 0 Å². The molecule has 3 atom stereocenters. The second-order valence-electron chi connectivity index (χ2n) is 12.6. The van der Waals surface area contributed by atoms with Crippen LogP contribution < -0.4 is 0 Å². The van der Waals surface area contributed by atoms with Crippen LogP contribution in [-0.4, -0.2) is 28.0 Å². The highest BCUT2D eigenvalue weighted by molar-refractivity contribution is 7.65. The summed E-state index contributed by atoms with van der Waals surface area (Å²) in [5, 5.41) is 0. The van der Waals surface area contributed by atoms with Crippen molar-refractivity contribution in [3.63, 3.8) is 0 Å². The predicted octanol–water partition coefficient (Wildman–Crippen LogP) is 8.81. The van der Waals surface area contributed by atoms with Crippen molar-refractivity contribution in [1.82, 2.24) is 0 Å². The van der Waals surface area contributed by atoms with Gasteiger partial charge in [-0.2, -0.15) is 0 Å². The zero-order valence-electron chi connectivity index (χ0n) is 20.9. The van der Waals surface area contributed by atoms with Crippen molar-refractivity contribution in [2.45, 2.75) is 165 Å². The van der Waals surface area contributed by atoms with Gasteiger partial charge in [0.25, 0.3) is 0 Å². The van der Waals surface area contributed by atoms with E-state index >= 15 is 4.57 Å². The van der Waals surface area contributed by atoms with Crippen molar-refractivity contribution in [2.24, 2.45) is 17.8 Å². The molecule has 0 aromatic heterocycles. The summed E-state index contributed by atoms with van der Waals surface area (Å²) >= 11 is 0. The van der Waals surface area contributed by atoms with Gasteiger partial charge in [-0.3, -0.25) is 0 Å². The highest BCUT2D eigenvalue weighted by Crippen LogP contribution is 2.68. The first-order valence-corrected chi connectivity index (χ1v) is 17.0. The van der Waals surface area contributed by atoms with E-state index in [2.05, 4.69) is 0 Å². The lowest BCUT2D eigenvalue weighted by Gasteiger charge is -2.47. The van der Waals surface area contributed by atoms with Crippen molar-refractivity contribution in [3.8, 4) is 0 Å². The van der Waals surface area contributed by atoms with E-state index in [1.54, 1.807) is 0 Å². The Balaban J connectivity index is 1.42. The van der Waals surface area contributed by atoms with Crippen LogP contribution in [0, 0.1) is 17.8 Å². The summed E-state index contributed by atoms with van der Waals surface area (Å²) in [6, 6.07) is 0. The van der Waals surface area contributed by atoms with E-state index in [0.717, 1.165) is 17.8 Å². The van der Waals surface area contributed by atoms with E-state index in [1.165, 1.54) is 141 Å². The third-order valence-corrected chi connectivity index (χ3v) is 15.3. The smallest absolute Gasteiger partial charge is 0.207 e. The van der Waals surface area contributed by atoms with Gasteiger partial charge in [0, 0.05) is 30.1 Å². The monoisotopic (exact) mass is 463 g/mol. The van der Waals surface area contributed by atoms with E-state index in [4.69, 9.17) is 4.74 Å². The molecule has 5 aliphatic rings. The first-order chi connectivity index (χ1) is 15.7. The highest BCUT2D eigenvalue weighted by atomic mass is 31.2. The van der Waals surface area contributed by atoms with Gasteiger partial charge < -0.3 is 9.30 Å². The van der Waals surface area contributed by atoms with Crippen LogP contribution in [0.3, 0.4) is 0 Å². The molecule has 5 rings (SSSR count). The van der Waals surface area contributed by atoms with Crippen molar-refractivity contribution in [1.29, 1.82) is 0 Å². The number of aliphatic hydroxyl groups is 2. The Morgan fingerprint density at radius 2 is 0.906 bits per heavy atom. The Bertz CT molecular complexity index is 561. The molecule has 3 unspecified atom stereocenters. The standard InChI is InChI=1S/C29H51O2P/c30-32(26-17-9-3-10-18-26,27-19-11-4-12-20-27)29-22-25(23-13-5-1-6-14-23)21-28(31-29)24-15-7-2-8-16-24/h23-29H,1-22H2/p+1. The SMILES string of the molecule is O=P(C1CCCCC1)(C1CCCCC1)C1CC(C2CCCCC2)CC(C2CCCCC2)[OH+]1. The van der Waals surface area contributed by atoms with Gasteiger partial charge in [-0.15, -0.1) is 0 Å². The third kappa shape index (κ3) is 5.22. The molecule has 1 aliphatic heterocycles. The maximum atomic E-state index is 15.4. The molecule has 2 nitrogen and oxygen atoms in total. The lowest BCUT2D eigenvalue weighted by molar-refractivity contribution is -0.199. The summed E-state index contributed by atoms with van der Waals surface area (Å²) in [5.74, 6) is 2.79. The van der Waals surface area contributed by atoms with Crippen LogP contribution in [0.2, 0.25) is 0 Å². The molecule has 3 heteroatoms. The minimum absolute atomic E-state index is 0.237. The maximum Gasteiger partial charge on any atom is 0.207 e. The summed E-state index contributed by atoms with van der Waals surface area (Å²) in [6.07, 6.45) is 30.5. The van der Waals surface area contributed by atoms with Crippen molar-refractivity contribution < 1.29 is 9.30 Å². The largest absolute Gasteiger partial charge is 0.424 e. The highest BCUT2D eigenvalue weighted by Gasteiger charge is 2.55. The van der Waals surface area contributed by atoms with Gasteiger partial charge in [0.1, 0.15) is 0 Å². The van der Waals surface area contributed by atoms with Crippen LogP contribution in [0.25, 0.3) is 0 Å².